The predicted octanol–water partition coefficient (Wildman–Crippen LogP) is 4.17. The third kappa shape index (κ3) is 4.20. The Kier molecular flexibility index (Phi) is 5.72. The number of likely N-dealkylation sites (N-methyl/N-ethyl adjacent to an activating group) is 1. The molecule has 0 spiro atoms. The first-order chi connectivity index (χ1) is 11.3. The minimum Gasteiger partial charge on any atom is -0.365 e. The molecular formula is C18H18BrFN2O2. The van der Waals surface area contributed by atoms with Gasteiger partial charge in [-0.25, -0.2) is 4.39 Å². The number of hydrogen-bond acceptors (Lipinski definition) is 3. The van der Waals surface area contributed by atoms with E-state index in [2.05, 4.69) is 21.2 Å². The number of aryl methyl sites for hydroxylation is 1. The number of halogens is 2. The smallest absolute Gasteiger partial charge is 0.243 e. The van der Waals surface area contributed by atoms with Crippen LogP contribution in [0.15, 0.2) is 40.9 Å². The number of nitrogens with zero attached hydrogens (tertiary/aromatic N) is 1. The van der Waals surface area contributed by atoms with Gasteiger partial charge in [-0.05, 0) is 49.7 Å². The Morgan fingerprint density at radius 1 is 1.25 bits per heavy atom. The van der Waals surface area contributed by atoms with Crippen molar-refractivity contribution >= 4 is 39.0 Å². The van der Waals surface area contributed by atoms with Crippen LogP contribution in [0.4, 0.5) is 15.8 Å². The number of Topliss-reactive ketones (excluding diaryl/α,β-unsaturated/α-hetero) is 1. The average molecular weight is 393 g/mol. The lowest BCUT2D eigenvalue weighted by Gasteiger charge is -2.21. The highest BCUT2D eigenvalue weighted by atomic mass is 79.9. The largest absolute Gasteiger partial charge is 0.365 e. The standard InChI is InChI=1S/C18H18BrFN2O2/c1-11-9-13(19)7-8-15(11)21-17(24)10-22(3)16-6-4-5-14(20)18(16)12(2)23/h4-9H,10H2,1-3H3,(H,21,24). The van der Waals surface area contributed by atoms with Gasteiger partial charge in [0.2, 0.25) is 5.91 Å². The molecule has 2 rings (SSSR count). The van der Waals surface area contributed by atoms with Gasteiger partial charge in [-0.3, -0.25) is 9.59 Å². The van der Waals surface area contributed by atoms with E-state index < -0.39 is 5.82 Å². The van der Waals surface area contributed by atoms with E-state index in [1.807, 2.05) is 19.1 Å². The summed E-state index contributed by atoms with van der Waals surface area (Å²) in [6.45, 7) is 3.20. The van der Waals surface area contributed by atoms with E-state index in [0.717, 1.165) is 10.0 Å². The third-order valence-electron chi connectivity index (χ3n) is 3.60. The second kappa shape index (κ2) is 7.57. The van der Waals surface area contributed by atoms with Gasteiger partial charge in [0.25, 0.3) is 0 Å². The van der Waals surface area contributed by atoms with Crippen molar-refractivity contribution in [1.29, 1.82) is 0 Å². The summed E-state index contributed by atoms with van der Waals surface area (Å²) in [5.41, 5.74) is 2.02. The number of hydrogen-bond donors (Lipinski definition) is 1. The Labute approximate surface area is 148 Å². The lowest BCUT2D eigenvalue weighted by molar-refractivity contribution is -0.114. The molecule has 0 atom stereocenters. The van der Waals surface area contributed by atoms with E-state index in [0.29, 0.717) is 11.4 Å². The molecule has 0 saturated heterocycles. The van der Waals surface area contributed by atoms with E-state index in [9.17, 15) is 14.0 Å². The maximum atomic E-state index is 13.9. The summed E-state index contributed by atoms with van der Waals surface area (Å²) < 4.78 is 14.8. The summed E-state index contributed by atoms with van der Waals surface area (Å²) >= 11 is 3.37. The number of ketones is 1. The fraction of sp³-hybridized carbons (Fsp3) is 0.222. The van der Waals surface area contributed by atoms with Gasteiger partial charge in [0, 0.05) is 17.2 Å². The molecule has 0 radical (unpaired) electrons. The van der Waals surface area contributed by atoms with Crippen LogP contribution in [0.3, 0.4) is 0 Å². The van der Waals surface area contributed by atoms with Crippen molar-refractivity contribution in [2.24, 2.45) is 0 Å². The van der Waals surface area contributed by atoms with E-state index in [1.54, 1.807) is 24.1 Å². The van der Waals surface area contributed by atoms with Crippen molar-refractivity contribution in [3.05, 3.63) is 57.8 Å². The third-order valence-corrected chi connectivity index (χ3v) is 4.09. The molecule has 0 bridgehead atoms. The molecule has 1 N–H and O–H groups in total. The molecule has 0 unspecified atom stereocenters. The zero-order valence-corrected chi connectivity index (χ0v) is 15.3. The van der Waals surface area contributed by atoms with Crippen LogP contribution in [0.25, 0.3) is 0 Å². The van der Waals surface area contributed by atoms with Gasteiger partial charge in [0.05, 0.1) is 17.8 Å². The quantitative estimate of drug-likeness (QED) is 0.776. The Hall–Kier alpha value is -2.21. The highest BCUT2D eigenvalue weighted by Gasteiger charge is 2.17. The van der Waals surface area contributed by atoms with Gasteiger partial charge < -0.3 is 10.2 Å². The van der Waals surface area contributed by atoms with Crippen LogP contribution in [0, 0.1) is 12.7 Å². The highest BCUT2D eigenvalue weighted by molar-refractivity contribution is 9.10. The molecule has 0 aliphatic rings. The number of rotatable bonds is 5. The van der Waals surface area contributed by atoms with Crippen LogP contribution in [-0.4, -0.2) is 25.3 Å². The maximum absolute atomic E-state index is 13.9. The van der Waals surface area contributed by atoms with Gasteiger partial charge >= 0.3 is 0 Å². The molecule has 0 aliphatic heterocycles. The first-order valence-corrected chi connectivity index (χ1v) is 8.15. The zero-order chi connectivity index (χ0) is 17.9. The molecule has 0 aromatic heterocycles. The minimum absolute atomic E-state index is 0.000757. The topological polar surface area (TPSA) is 49.4 Å². The molecular weight excluding hydrogens is 375 g/mol. The monoisotopic (exact) mass is 392 g/mol. The summed E-state index contributed by atoms with van der Waals surface area (Å²) in [6.07, 6.45) is 0. The summed E-state index contributed by atoms with van der Waals surface area (Å²) in [7, 11) is 1.65. The van der Waals surface area contributed by atoms with Crippen LogP contribution in [0.5, 0.6) is 0 Å². The van der Waals surface area contributed by atoms with Crippen molar-refractivity contribution in [2.75, 3.05) is 23.8 Å². The Balaban J connectivity index is 2.15. The van der Waals surface area contributed by atoms with Crippen LogP contribution < -0.4 is 10.2 Å². The van der Waals surface area contributed by atoms with Gasteiger partial charge in [0.15, 0.2) is 5.78 Å². The van der Waals surface area contributed by atoms with Crippen molar-refractivity contribution in [1.82, 2.24) is 0 Å². The summed E-state index contributed by atoms with van der Waals surface area (Å²) in [5.74, 6) is -1.21. The lowest BCUT2D eigenvalue weighted by Crippen LogP contribution is -2.31. The molecule has 1 amide bonds. The molecule has 2 aromatic carbocycles. The number of benzene rings is 2. The van der Waals surface area contributed by atoms with Crippen molar-refractivity contribution in [3.63, 3.8) is 0 Å². The second-order valence-corrected chi connectivity index (χ2v) is 6.47. The maximum Gasteiger partial charge on any atom is 0.243 e. The molecule has 4 nitrogen and oxygen atoms in total. The number of anilines is 2. The SMILES string of the molecule is CC(=O)c1c(F)cccc1N(C)CC(=O)Nc1ccc(Br)cc1C. The van der Waals surface area contributed by atoms with Crippen molar-refractivity contribution < 1.29 is 14.0 Å². The first-order valence-electron chi connectivity index (χ1n) is 7.36. The summed E-state index contributed by atoms with van der Waals surface area (Å²) in [6, 6.07) is 9.93. The van der Waals surface area contributed by atoms with Gasteiger partial charge in [-0.1, -0.05) is 22.0 Å². The van der Waals surface area contributed by atoms with E-state index >= 15 is 0 Å². The van der Waals surface area contributed by atoms with Crippen molar-refractivity contribution in [3.8, 4) is 0 Å². The summed E-state index contributed by atoms with van der Waals surface area (Å²) in [5, 5.41) is 2.82. The molecule has 126 valence electrons. The van der Waals surface area contributed by atoms with E-state index in [4.69, 9.17) is 0 Å². The molecule has 0 fully saturated rings. The average Bonchev–Trinajstić information content (AvgIpc) is 2.49. The van der Waals surface area contributed by atoms with Crippen LogP contribution >= 0.6 is 15.9 Å². The van der Waals surface area contributed by atoms with Crippen LogP contribution in [0.2, 0.25) is 0 Å². The van der Waals surface area contributed by atoms with Gasteiger partial charge in [-0.15, -0.1) is 0 Å². The van der Waals surface area contributed by atoms with Crippen molar-refractivity contribution in [2.45, 2.75) is 13.8 Å². The number of nitrogens with one attached hydrogen (secondary N) is 1. The fourth-order valence-electron chi connectivity index (χ4n) is 2.44. The lowest BCUT2D eigenvalue weighted by atomic mass is 10.1. The predicted molar refractivity (Wildman–Crippen MR) is 97.2 cm³/mol. The molecule has 0 heterocycles. The summed E-state index contributed by atoms with van der Waals surface area (Å²) in [4.78, 5) is 25.5. The second-order valence-electron chi connectivity index (χ2n) is 5.55. The van der Waals surface area contributed by atoms with Gasteiger partial charge in [-0.2, -0.15) is 0 Å². The molecule has 0 aliphatic carbocycles. The van der Waals surface area contributed by atoms with E-state index in [1.165, 1.54) is 19.1 Å². The number of amides is 1. The molecule has 6 heteroatoms. The van der Waals surface area contributed by atoms with Crippen LogP contribution in [0.1, 0.15) is 22.8 Å². The van der Waals surface area contributed by atoms with Crippen LogP contribution in [-0.2, 0) is 4.79 Å². The normalized spacial score (nSPS) is 10.4. The molecule has 0 saturated carbocycles. The Morgan fingerprint density at radius 2 is 1.96 bits per heavy atom. The zero-order valence-electron chi connectivity index (χ0n) is 13.7. The number of carbonyl (C=O) groups excluding carboxylic acids is 2. The first kappa shape index (κ1) is 18.1. The van der Waals surface area contributed by atoms with Gasteiger partial charge in [0.1, 0.15) is 5.82 Å². The number of carbonyl (C=O) groups is 2. The highest BCUT2D eigenvalue weighted by Crippen LogP contribution is 2.23. The molecule has 24 heavy (non-hydrogen) atoms. The molecule has 2 aromatic rings. The fourth-order valence-corrected chi connectivity index (χ4v) is 2.91. The Morgan fingerprint density at radius 3 is 2.58 bits per heavy atom. The minimum atomic E-state index is -0.587. The van der Waals surface area contributed by atoms with E-state index in [-0.39, 0.29) is 23.8 Å². The Bertz CT molecular complexity index is 793.